The molecule has 4 nitrogen and oxygen atoms in total. The molecule has 0 unspecified atom stereocenters. The molecule has 0 aliphatic heterocycles. The van der Waals surface area contributed by atoms with Gasteiger partial charge in [0.1, 0.15) is 11.4 Å². The third kappa shape index (κ3) is 2.27. The standard InChI is InChI=1S/C8H6F4N2O2/c9-5-1-4(3-13)7(8(10,11)12)6(2-5)14(15)16/h1-2H,3,13H2. The first kappa shape index (κ1) is 12.4. The van der Waals surface area contributed by atoms with E-state index in [4.69, 9.17) is 5.73 Å². The van der Waals surface area contributed by atoms with Crippen molar-refractivity contribution < 1.29 is 22.5 Å². The second-order valence-corrected chi connectivity index (χ2v) is 2.92. The molecule has 0 aliphatic rings. The van der Waals surface area contributed by atoms with Gasteiger partial charge in [-0.25, -0.2) is 4.39 Å². The summed E-state index contributed by atoms with van der Waals surface area (Å²) in [6.07, 6.45) is -4.94. The normalized spacial score (nSPS) is 11.6. The Labute approximate surface area is 86.8 Å². The van der Waals surface area contributed by atoms with Crippen molar-refractivity contribution in [1.29, 1.82) is 0 Å². The lowest BCUT2D eigenvalue weighted by molar-refractivity contribution is -0.388. The van der Waals surface area contributed by atoms with Gasteiger partial charge in [-0.1, -0.05) is 0 Å². The molecular formula is C8H6F4N2O2. The van der Waals surface area contributed by atoms with E-state index in [0.29, 0.717) is 6.07 Å². The first-order valence-electron chi connectivity index (χ1n) is 4.01. The minimum absolute atomic E-state index is 0.224. The van der Waals surface area contributed by atoms with Crippen LogP contribution in [0.2, 0.25) is 0 Å². The van der Waals surface area contributed by atoms with Crippen molar-refractivity contribution in [3.05, 3.63) is 39.2 Å². The SMILES string of the molecule is NCc1cc(F)cc([N+](=O)[O-])c1C(F)(F)F. The topological polar surface area (TPSA) is 69.2 Å². The molecule has 88 valence electrons. The van der Waals surface area contributed by atoms with Crippen molar-refractivity contribution in [3.63, 3.8) is 0 Å². The molecule has 0 aliphatic carbocycles. The molecular weight excluding hydrogens is 232 g/mol. The highest BCUT2D eigenvalue weighted by Gasteiger charge is 2.41. The molecule has 0 fully saturated rings. The first-order chi connectivity index (χ1) is 7.27. The molecule has 0 atom stereocenters. The van der Waals surface area contributed by atoms with Crippen molar-refractivity contribution in [1.82, 2.24) is 0 Å². The summed E-state index contributed by atoms with van der Waals surface area (Å²) in [6.45, 7) is -0.632. The second-order valence-electron chi connectivity index (χ2n) is 2.92. The van der Waals surface area contributed by atoms with E-state index >= 15 is 0 Å². The van der Waals surface area contributed by atoms with Gasteiger partial charge in [0.05, 0.1) is 11.0 Å². The largest absolute Gasteiger partial charge is 0.423 e. The summed E-state index contributed by atoms with van der Waals surface area (Å²) in [6, 6.07) is 0.762. The molecule has 0 radical (unpaired) electrons. The Balaban J connectivity index is 3.58. The molecule has 8 heteroatoms. The number of nitrogens with two attached hydrogens (primary N) is 1. The number of nitro benzene ring substituents is 1. The van der Waals surface area contributed by atoms with Gasteiger partial charge in [0.15, 0.2) is 0 Å². The lowest BCUT2D eigenvalue weighted by Crippen LogP contribution is -2.15. The average Bonchev–Trinajstić information content (AvgIpc) is 2.14. The monoisotopic (exact) mass is 238 g/mol. The fourth-order valence-corrected chi connectivity index (χ4v) is 1.28. The second kappa shape index (κ2) is 4.05. The van der Waals surface area contributed by atoms with E-state index in [0.717, 1.165) is 0 Å². The van der Waals surface area contributed by atoms with Gasteiger partial charge >= 0.3 is 6.18 Å². The van der Waals surface area contributed by atoms with Gasteiger partial charge in [0, 0.05) is 6.54 Å². The number of nitrogens with zero attached hydrogens (tertiary/aromatic N) is 1. The highest BCUT2D eigenvalue weighted by Crippen LogP contribution is 2.38. The summed E-state index contributed by atoms with van der Waals surface area (Å²) < 4.78 is 50.3. The van der Waals surface area contributed by atoms with Gasteiger partial charge in [-0.15, -0.1) is 0 Å². The minimum atomic E-state index is -4.94. The van der Waals surface area contributed by atoms with Crippen molar-refractivity contribution in [2.75, 3.05) is 0 Å². The fraction of sp³-hybridized carbons (Fsp3) is 0.250. The predicted molar refractivity (Wildman–Crippen MR) is 45.9 cm³/mol. The van der Waals surface area contributed by atoms with Crippen molar-refractivity contribution in [2.45, 2.75) is 12.7 Å². The van der Waals surface area contributed by atoms with Crippen LogP contribution in [0.15, 0.2) is 12.1 Å². The predicted octanol–water partition coefficient (Wildman–Crippen LogP) is 2.21. The van der Waals surface area contributed by atoms with Crippen molar-refractivity contribution >= 4 is 5.69 Å². The Morgan fingerprint density at radius 1 is 1.38 bits per heavy atom. The maximum absolute atomic E-state index is 12.8. The van der Waals surface area contributed by atoms with Gasteiger partial charge in [-0.05, 0) is 11.6 Å². The van der Waals surface area contributed by atoms with E-state index < -0.39 is 40.3 Å². The summed E-state index contributed by atoms with van der Waals surface area (Å²) in [5, 5.41) is 10.4. The van der Waals surface area contributed by atoms with Crippen LogP contribution in [0, 0.1) is 15.9 Å². The molecule has 2 N–H and O–H groups in total. The quantitative estimate of drug-likeness (QED) is 0.487. The zero-order chi connectivity index (χ0) is 12.5. The first-order valence-corrected chi connectivity index (χ1v) is 4.01. The molecule has 0 bridgehead atoms. The van der Waals surface area contributed by atoms with E-state index in [1.807, 2.05) is 0 Å². The Morgan fingerprint density at radius 3 is 2.31 bits per heavy atom. The van der Waals surface area contributed by atoms with Crippen molar-refractivity contribution in [2.24, 2.45) is 5.73 Å². The highest BCUT2D eigenvalue weighted by molar-refractivity contribution is 5.48. The lowest BCUT2D eigenvalue weighted by atomic mass is 10.0. The van der Waals surface area contributed by atoms with Crippen LogP contribution in [-0.2, 0) is 12.7 Å². The summed E-state index contributed by atoms with van der Waals surface area (Å²) in [5.41, 5.74) is 1.53. The molecule has 0 amide bonds. The molecule has 0 heterocycles. The molecule has 0 saturated carbocycles. The number of hydrogen-bond donors (Lipinski definition) is 1. The lowest BCUT2D eigenvalue weighted by Gasteiger charge is -2.11. The third-order valence-electron chi connectivity index (χ3n) is 1.86. The Bertz CT molecular complexity index is 431. The molecule has 1 aromatic carbocycles. The third-order valence-corrected chi connectivity index (χ3v) is 1.86. The Morgan fingerprint density at radius 2 is 1.94 bits per heavy atom. The van der Waals surface area contributed by atoms with Gasteiger partial charge in [0.25, 0.3) is 5.69 Å². The summed E-state index contributed by atoms with van der Waals surface area (Å²) >= 11 is 0. The van der Waals surface area contributed by atoms with E-state index in [1.165, 1.54) is 0 Å². The summed E-state index contributed by atoms with van der Waals surface area (Å²) in [7, 11) is 0. The van der Waals surface area contributed by atoms with E-state index in [1.54, 1.807) is 0 Å². The van der Waals surface area contributed by atoms with Gasteiger partial charge in [-0.2, -0.15) is 13.2 Å². The van der Waals surface area contributed by atoms with E-state index in [9.17, 15) is 27.7 Å². The van der Waals surface area contributed by atoms with E-state index in [2.05, 4.69) is 0 Å². The van der Waals surface area contributed by atoms with Crippen LogP contribution < -0.4 is 5.73 Å². The molecule has 0 aromatic heterocycles. The molecule has 1 rings (SSSR count). The average molecular weight is 238 g/mol. The van der Waals surface area contributed by atoms with Gasteiger partial charge < -0.3 is 5.73 Å². The number of nitro groups is 1. The zero-order valence-corrected chi connectivity index (χ0v) is 7.71. The van der Waals surface area contributed by atoms with Crippen LogP contribution in [0.1, 0.15) is 11.1 Å². The number of hydrogen-bond acceptors (Lipinski definition) is 3. The van der Waals surface area contributed by atoms with Gasteiger partial charge in [0.2, 0.25) is 0 Å². The summed E-state index contributed by atoms with van der Waals surface area (Å²) in [5.74, 6) is -1.12. The fourth-order valence-electron chi connectivity index (χ4n) is 1.28. The van der Waals surface area contributed by atoms with Crippen LogP contribution in [0.4, 0.5) is 23.2 Å². The molecule has 0 spiro atoms. The Kier molecular flexibility index (Phi) is 3.13. The maximum atomic E-state index is 12.8. The highest BCUT2D eigenvalue weighted by atomic mass is 19.4. The Hall–Kier alpha value is -1.70. The number of rotatable bonds is 2. The minimum Gasteiger partial charge on any atom is -0.326 e. The number of alkyl halides is 3. The van der Waals surface area contributed by atoms with Crippen LogP contribution >= 0.6 is 0 Å². The van der Waals surface area contributed by atoms with Gasteiger partial charge in [-0.3, -0.25) is 10.1 Å². The maximum Gasteiger partial charge on any atom is 0.423 e. The van der Waals surface area contributed by atoms with Crippen molar-refractivity contribution in [3.8, 4) is 0 Å². The smallest absolute Gasteiger partial charge is 0.326 e. The van der Waals surface area contributed by atoms with Crippen LogP contribution in [0.25, 0.3) is 0 Å². The van der Waals surface area contributed by atoms with Crippen LogP contribution in [0.3, 0.4) is 0 Å². The van der Waals surface area contributed by atoms with Crippen LogP contribution in [-0.4, -0.2) is 4.92 Å². The summed E-state index contributed by atoms with van der Waals surface area (Å²) in [4.78, 5) is 9.10. The number of benzene rings is 1. The molecule has 1 aromatic rings. The molecule has 16 heavy (non-hydrogen) atoms. The van der Waals surface area contributed by atoms with E-state index in [-0.39, 0.29) is 6.07 Å². The zero-order valence-electron chi connectivity index (χ0n) is 7.71. The number of halogens is 4. The molecule has 0 saturated heterocycles. The van der Waals surface area contributed by atoms with Crippen LogP contribution in [0.5, 0.6) is 0 Å².